The molecule has 0 bridgehead atoms. The topological polar surface area (TPSA) is 60.7 Å². The molecule has 1 aromatic heterocycles. The fourth-order valence-electron chi connectivity index (χ4n) is 3.94. The number of fused-ring (bicyclic) bond motifs is 5. The molecular formula is C21H17F6NO4. The lowest BCUT2D eigenvalue weighted by molar-refractivity contribution is -0.376. The first kappa shape index (κ1) is 22.3. The molecule has 0 saturated carbocycles. The molecule has 1 aliphatic rings. The quantitative estimate of drug-likeness (QED) is 0.439. The van der Waals surface area contributed by atoms with Crippen molar-refractivity contribution in [1.29, 1.82) is 0 Å². The summed E-state index contributed by atoms with van der Waals surface area (Å²) in [5, 5.41) is 10.2. The first-order chi connectivity index (χ1) is 14.9. The van der Waals surface area contributed by atoms with Gasteiger partial charge in [0.1, 0.15) is 0 Å². The minimum Gasteiger partial charge on any atom is -0.453 e. The molecule has 0 atom stereocenters. The van der Waals surface area contributed by atoms with Crippen molar-refractivity contribution in [2.45, 2.75) is 44.3 Å². The van der Waals surface area contributed by atoms with Gasteiger partial charge in [-0.05, 0) is 23.9 Å². The Balaban J connectivity index is 2.22. The third kappa shape index (κ3) is 3.01. The molecule has 2 heterocycles. The fraction of sp³-hybridized carbons (Fsp3) is 0.381. The summed E-state index contributed by atoms with van der Waals surface area (Å²) in [6, 6.07) is 6.48. The van der Waals surface area contributed by atoms with E-state index in [1.54, 1.807) is 0 Å². The van der Waals surface area contributed by atoms with Crippen LogP contribution in [0.25, 0.3) is 21.7 Å². The number of hydrogen-bond donors (Lipinski definition) is 1. The number of halogens is 6. The smallest absolute Gasteiger partial charge is 0.430 e. The van der Waals surface area contributed by atoms with Crippen molar-refractivity contribution in [3.8, 4) is 11.5 Å². The molecule has 5 nitrogen and oxygen atoms in total. The van der Waals surface area contributed by atoms with Crippen molar-refractivity contribution in [3.05, 3.63) is 46.2 Å². The largest absolute Gasteiger partial charge is 0.453 e. The molecule has 0 unspecified atom stereocenters. The van der Waals surface area contributed by atoms with E-state index in [9.17, 15) is 36.2 Å². The highest BCUT2D eigenvalue weighted by atomic mass is 19.4. The molecule has 11 heteroatoms. The Morgan fingerprint density at radius 3 is 2.16 bits per heavy atom. The third-order valence-electron chi connectivity index (χ3n) is 5.52. The summed E-state index contributed by atoms with van der Waals surface area (Å²) in [5.74, 6) is -1.34. The van der Waals surface area contributed by atoms with Crippen molar-refractivity contribution < 1.29 is 40.9 Å². The van der Waals surface area contributed by atoms with Crippen molar-refractivity contribution in [2.75, 3.05) is 6.79 Å². The van der Waals surface area contributed by atoms with E-state index < -0.39 is 47.4 Å². The van der Waals surface area contributed by atoms with E-state index in [2.05, 4.69) is 0 Å². The number of alkyl halides is 6. The summed E-state index contributed by atoms with van der Waals surface area (Å²) in [6.07, 6.45) is -11.0. The fourth-order valence-corrected chi connectivity index (χ4v) is 3.94. The molecule has 0 radical (unpaired) electrons. The number of benzene rings is 2. The molecule has 0 aliphatic carbocycles. The summed E-state index contributed by atoms with van der Waals surface area (Å²) in [5.41, 5.74) is -7.19. The second-order valence-electron chi connectivity index (χ2n) is 7.45. The predicted molar refractivity (Wildman–Crippen MR) is 103 cm³/mol. The molecule has 172 valence electrons. The lowest BCUT2D eigenvalue weighted by Crippen LogP contribution is -2.54. The molecule has 32 heavy (non-hydrogen) atoms. The van der Waals surface area contributed by atoms with Crippen LogP contribution < -0.4 is 15.0 Å². The Kier molecular flexibility index (Phi) is 5.07. The molecule has 0 amide bonds. The molecule has 0 fully saturated rings. The summed E-state index contributed by atoms with van der Waals surface area (Å²) in [6.45, 7) is 1.36. The standard InChI is InChI=1S/C21H17F6NO4/c1-2-3-8-28-15-13(11-6-4-5-7-12(11)18(28)29)9-14(16-17(15)32-10-31-16)19(30,20(22,23)24)21(25,26)27/h4-7,9,30H,2-3,8,10H2,1H3. The normalized spacial score (nSPS) is 14.5. The third-order valence-corrected chi connectivity index (χ3v) is 5.52. The van der Waals surface area contributed by atoms with Gasteiger partial charge < -0.3 is 19.1 Å². The van der Waals surface area contributed by atoms with Gasteiger partial charge in [0, 0.05) is 22.9 Å². The number of rotatable bonds is 4. The van der Waals surface area contributed by atoms with Gasteiger partial charge in [-0.2, -0.15) is 26.3 Å². The maximum absolute atomic E-state index is 13.7. The van der Waals surface area contributed by atoms with Gasteiger partial charge in [0.05, 0.1) is 5.52 Å². The maximum atomic E-state index is 13.7. The molecule has 2 aromatic carbocycles. The average Bonchev–Trinajstić information content (AvgIpc) is 3.21. The highest BCUT2D eigenvalue weighted by molar-refractivity contribution is 6.09. The molecule has 4 rings (SSSR count). The lowest BCUT2D eigenvalue weighted by atomic mass is 9.88. The monoisotopic (exact) mass is 461 g/mol. The first-order valence-corrected chi connectivity index (χ1v) is 9.67. The minimum absolute atomic E-state index is 0.0186. The highest BCUT2D eigenvalue weighted by Gasteiger charge is 2.72. The van der Waals surface area contributed by atoms with Gasteiger partial charge in [-0.25, -0.2) is 0 Å². The molecule has 3 aromatic rings. The van der Waals surface area contributed by atoms with E-state index in [1.807, 2.05) is 6.92 Å². The number of ether oxygens (including phenoxy) is 2. The SMILES string of the molecule is CCCCn1c(=O)c2ccccc2c2cc(C(O)(C(F)(F)F)C(F)(F)F)c3c(c21)OCO3. The van der Waals surface area contributed by atoms with E-state index in [1.165, 1.54) is 28.8 Å². The number of aromatic nitrogens is 1. The van der Waals surface area contributed by atoms with Crippen LogP contribution in [0.1, 0.15) is 25.3 Å². The second kappa shape index (κ2) is 7.29. The van der Waals surface area contributed by atoms with Crippen molar-refractivity contribution in [1.82, 2.24) is 4.57 Å². The van der Waals surface area contributed by atoms with E-state index in [-0.39, 0.29) is 28.2 Å². The first-order valence-electron chi connectivity index (χ1n) is 9.67. The van der Waals surface area contributed by atoms with Crippen LogP contribution in [0.5, 0.6) is 11.5 Å². The van der Waals surface area contributed by atoms with E-state index in [0.717, 1.165) is 0 Å². The summed E-state index contributed by atoms with van der Waals surface area (Å²) in [4.78, 5) is 13.1. The summed E-state index contributed by atoms with van der Waals surface area (Å²) < 4.78 is 93.5. The van der Waals surface area contributed by atoms with Crippen LogP contribution in [0, 0.1) is 0 Å². The Hall–Kier alpha value is -2.95. The number of pyridine rings is 1. The Bertz CT molecular complexity index is 1250. The molecule has 1 aliphatic heterocycles. The van der Waals surface area contributed by atoms with Crippen molar-refractivity contribution in [3.63, 3.8) is 0 Å². The van der Waals surface area contributed by atoms with E-state index in [4.69, 9.17) is 9.47 Å². The zero-order valence-electron chi connectivity index (χ0n) is 16.6. The minimum atomic E-state index is -6.11. The Labute approximate surface area is 176 Å². The van der Waals surface area contributed by atoms with Gasteiger partial charge in [-0.3, -0.25) is 4.79 Å². The zero-order valence-corrected chi connectivity index (χ0v) is 16.6. The average molecular weight is 461 g/mol. The van der Waals surface area contributed by atoms with Crippen LogP contribution in [0.2, 0.25) is 0 Å². The lowest BCUT2D eigenvalue weighted by Gasteiger charge is -2.33. The molecule has 0 spiro atoms. The van der Waals surface area contributed by atoms with Gasteiger partial charge >= 0.3 is 12.4 Å². The van der Waals surface area contributed by atoms with Crippen LogP contribution in [0.3, 0.4) is 0 Å². The number of aryl methyl sites for hydroxylation is 1. The molecular weight excluding hydrogens is 444 g/mol. The van der Waals surface area contributed by atoms with E-state index >= 15 is 0 Å². The van der Waals surface area contributed by atoms with Gasteiger partial charge in [0.25, 0.3) is 11.2 Å². The molecule has 1 N–H and O–H groups in total. The summed E-state index contributed by atoms with van der Waals surface area (Å²) >= 11 is 0. The molecule has 0 saturated heterocycles. The zero-order chi connectivity index (χ0) is 23.5. The number of hydrogen-bond acceptors (Lipinski definition) is 4. The van der Waals surface area contributed by atoms with Gasteiger partial charge in [0.2, 0.25) is 6.79 Å². The Morgan fingerprint density at radius 2 is 1.56 bits per heavy atom. The van der Waals surface area contributed by atoms with E-state index in [0.29, 0.717) is 18.9 Å². The number of unbranched alkanes of at least 4 members (excludes halogenated alkanes) is 1. The number of nitrogens with zero attached hydrogens (tertiary/aromatic N) is 1. The van der Waals surface area contributed by atoms with Crippen LogP contribution in [-0.2, 0) is 12.1 Å². The van der Waals surface area contributed by atoms with Crippen LogP contribution >= 0.6 is 0 Å². The highest BCUT2D eigenvalue weighted by Crippen LogP contribution is 2.56. The predicted octanol–water partition coefficient (Wildman–Crippen LogP) is 5.00. The van der Waals surface area contributed by atoms with Crippen molar-refractivity contribution >= 4 is 21.7 Å². The number of aliphatic hydroxyl groups is 1. The van der Waals surface area contributed by atoms with Crippen molar-refractivity contribution in [2.24, 2.45) is 0 Å². The summed E-state index contributed by atoms with van der Waals surface area (Å²) in [7, 11) is 0. The maximum Gasteiger partial charge on any atom is 0.430 e. The van der Waals surface area contributed by atoms with Gasteiger partial charge in [-0.1, -0.05) is 31.5 Å². The van der Waals surface area contributed by atoms with Gasteiger partial charge in [-0.15, -0.1) is 0 Å². The van der Waals surface area contributed by atoms with Crippen LogP contribution in [-0.4, -0.2) is 28.8 Å². The van der Waals surface area contributed by atoms with Crippen LogP contribution in [0.4, 0.5) is 26.3 Å². The van der Waals surface area contributed by atoms with Gasteiger partial charge in [0.15, 0.2) is 11.5 Å². The Morgan fingerprint density at radius 1 is 0.969 bits per heavy atom. The van der Waals surface area contributed by atoms with Crippen LogP contribution in [0.15, 0.2) is 35.1 Å². The second-order valence-corrected chi connectivity index (χ2v) is 7.45.